The number of nitrogens with zero attached hydrogens (tertiary/aromatic N) is 2. The van der Waals surface area contributed by atoms with Crippen LogP contribution in [0.2, 0.25) is 5.02 Å². The van der Waals surface area contributed by atoms with Gasteiger partial charge in [-0.25, -0.2) is 0 Å². The van der Waals surface area contributed by atoms with Crippen molar-refractivity contribution in [2.75, 3.05) is 0 Å². The number of phenolic OH excluding ortho intramolecular Hbond substituents is 1. The van der Waals surface area contributed by atoms with Crippen molar-refractivity contribution in [3.05, 3.63) is 62.7 Å². The van der Waals surface area contributed by atoms with Gasteiger partial charge in [0.05, 0.1) is 10.6 Å². The van der Waals surface area contributed by atoms with E-state index in [0.29, 0.717) is 16.3 Å². The number of rotatable bonds is 3. The summed E-state index contributed by atoms with van der Waals surface area (Å²) in [6, 6.07) is 9.10. The quantitative estimate of drug-likeness (QED) is 0.527. The molecule has 2 aromatic rings. The Hall–Kier alpha value is -2.40. The van der Waals surface area contributed by atoms with E-state index in [2.05, 4.69) is 4.99 Å². The lowest BCUT2D eigenvalue weighted by Gasteiger charge is -2.01. The molecule has 0 aliphatic rings. The third-order valence-electron chi connectivity index (χ3n) is 2.74. The highest BCUT2D eigenvalue weighted by Crippen LogP contribution is 2.26. The molecule has 0 saturated heterocycles. The number of benzene rings is 2. The van der Waals surface area contributed by atoms with Crippen molar-refractivity contribution in [2.24, 2.45) is 4.99 Å². The zero-order valence-electron chi connectivity index (χ0n) is 10.6. The van der Waals surface area contributed by atoms with Gasteiger partial charge in [-0.05, 0) is 30.7 Å². The number of phenols is 1. The molecule has 102 valence electrons. The topological polar surface area (TPSA) is 75.7 Å². The maximum atomic E-state index is 10.7. The van der Waals surface area contributed by atoms with Crippen LogP contribution in [-0.4, -0.2) is 16.2 Å². The zero-order valence-corrected chi connectivity index (χ0v) is 11.3. The summed E-state index contributed by atoms with van der Waals surface area (Å²) in [5.74, 6) is 0.00401. The van der Waals surface area contributed by atoms with E-state index in [-0.39, 0.29) is 11.4 Å². The first-order valence-electron chi connectivity index (χ1n) is 5.75. The van der Waals surface area contributed by atoms with Gasteiger partial charge in [0.1, 0.15) is 5.75 Å². The molecule has 0 saturated carbocycles. The van der Waals surface area contributed by atoms with Crippen LogP contribution >= 0.6 is 11.6 Å². The molecule has 0 bridgehead atoms. The Morgan fingerprint density at radius 3 is 2.70 bits per heavy atom. The van der Waals surface area contributed by atoms with Gasteiger partial charge in [-0.1, -0.05) is 17.7 Å². The summed E-state index contributed by atoms with van der Waals surface area (Å²) >= 11 is 5.74. The van der Waals surface area contributed by atoms with Gasteiger partial charge in [-0.15, -0.1) is 0 Å². The number of aromatic hydroxyl groups is 1. The number of aryl methyl sites for hydroxylation is 1. The van der Waals surface area contributed by atoms with Crippen LogP contribution in [0.5, 0.6) is 5.75 Å². The fourth-order valence-electron chi connectivity index (χ4n) is 1.62. The number of hydrogen-bond acceptors (Lipinski definition) is 4. The van der Waals surface area contributed by atoms with Crippen LogP contribution in [0.15, 0.2) is 41.4 Å². The van der Waals surface area contributed by atoms with Crippen LogP contribution in [0.3, 0.4) is 0 Å². The number of non-ortho nitro benzene ring substituents is 1. The molecule has 20 heavy (non-hydrogen) atoms. The summed E-state index contributed by atoms with van der Waals surface area (Å²) in [5.41, 5.74) is 1.75. The first-order valence-corrected chi connectivity index (χ1v) is 6.13. The second-order valence-corrected chi connectivity index (χ2v) is 4.63. The van der Waals surface area contributed by atoms with Crippen LogP contribution in [0.1, 0.15) is 11.1 Å². The molecule has 0 amide bonds. The summed E-state index contributed by atoms with van der Waals surface area (Å²) in [6.07, 6.45) is 1.44. The fraction of sp³-hybridized carbons (Fsp3) is 0.0714. The van der Waals surface area contributed by atoms with Crippen LogP contribution in [0, 0.1) is 17.0 Å². The fourth-order valence-corrected chi connectivity index (χ4v) is 1.78. The highest BCUT2D eigenvalue weighted by molar-refractivity contribution is 6.30. The highest BCUT2D eigenvalue weighted by atomic mass is 35.5. The molecule has 0 unspecified atom stereocenters. The monoisotopic (exact) mass is 290 g/mol. The zero-order chi connectivity index (χ0) is 14.7. The van der Waals surface area contributed by atoms with E-state index in [1.54, 1.807) is 25.1 Å². The Morgan fingerprint density at radius 1 is 1.30 bits per heavy atom. The Bertz CT molecular complexity index is 699. The van der Waals surface area contributed by atoms with Gasteiger partial charge in [0.25, 0.3) is 5.69 Å². The first kappa shape index (κ1) is 14.0. The molecule has 0 atom stereocenters. The summed E-state index contributed by atoms with van der Waals surface area (Å²) in [4.78, 5) is 14.4. The Balaban J connectivity index is 2.35. The van der Waals surface area contributed by atoms with E-state index in [4.69, 9.17) is 11.6 Å². The van der Waals surface area contributed by atoms with Crippen LogP contribution in [-0.2, 0) is 0 Å². The minimum atomic E-state index is -0.474. The predicted octanol–water partition coefficient (Wildman–Crippen LogP) is 4.01. The van der Waals surface area contributed by atoms with E-state index in [1.165, 1.54) is 24.4 Å². The van der Waals surface area contributed by atoms with Crippen molar-refractivity contribution in [3.63, 3.8) is 0 Å². The second-order valence-electron chi connectivity index (χ2n) is 4.19. The lowest BCUT2D eigenvalue weighted by Crippen LogP contribution is -1.88. The molecular weight excluding hydrogens is 280 g/mol. The average Bonchev–Trinajstić information content (AvgIpc) is 2.39. The first-order chi connectivity index (χ1) is 9.47. The third-order valence-corrected chi connectivity index (χ3v) is 2.97. The average molecular weight is 291 g/mol. The molecule has 6 heteroatoms. The number of aliphatic imine (C=N–C) groups is 1. The normalized spacial score (nSPS) is 10.9. The summed E-state index contributed by atoms with van der Waals surface area (Å²) in [7, 11) is 0. The van der Waals surface area contributed by atoms with E-state index in [0.717, 1.165) is 5.56 Å². The lowest BCUT2D eigenvalue weighted by atomic mass is 10.2. The van der Waals surface area contributed by atoms with Gasteiger partial charge in [-0.3, -0.25) is 15.1 Å². The molecule has 2 aromatic carbocycles. The van der Waals surface area contributed by atoms with Crippen molar-refractivity contribution in [2.45, 2.75) is 6.92 Å². The molecule has 0 aliphatic carbocycles. The lowest BCUT2D eigenvalue weighted by molar-refractivity contribution is -0.384. The molecular formula is C14H11ClN2O3. The number of halogens is 1. The molecule has 5 nitrogen and oxygen atoms in total. The highest BCUT2D eigenvalue weighted by Gasteiger charge is 2.07. The molecule has 2 rings (SSSR count). The molecule has 0 heterocycles. The number of nitro benzene ring substituents is 1. The van der Waals surface area contributed by atoms with E-state index < -0.39 is 4.92 Å². The second kappa shape index (κ2) is 5.71. The van der Waals surface area contributed by atoms with Gasteiger partial charge < -0.3 is 5.11 Å². The molecule has 0 aliphatic heterocycles. The summed E-state index contributed by atoms with van der Waals surface area (Å²) in [5, 5.41) is 20.8. The predicted molar refractivity (Wildman–Crippen MR) is 78.2 cm³/mol. The van der Waals surface area contributed by atoms with E-state index in [9.17, 15) is 15.2 Å². The van der Waals surface area contributed by atoms with Crippen molar-refractivity contribution >= 4 is 29.2 Å². The SMILES string of the molecule is Cc1ccc([N+](=O)[O-])cc1N=Cc1ccc(Cl)cc1O. The van der Waals surface area contributed by atoms with Crippen molar-refractivity contribution in [1.29, 1.82) is 0 Å². The van der Waals surface area contributed by atoms with Crippen LogP contribution < -0.4 is 0 Å². The molecule has 1 N–H and O–H groups in total. The van der Waals surface area contributed by atoms with Crippen LogP contribution in [0.25, 0.3) is 0 Å². The number of hydrogen-bond donors (Lipinski definition) is 1. The largest absolute Gasteiger partial charge is 0.507 e. The van der Waals surface area contributed by atoms with Crippen molar-refractivity contribution < 1.29 is 10.0 Å². The van der Waals surface area contributed by atoms with Gasteiger partial charge in [-0.2, -0.15) is 0 Å². The molecule has 0 radical (unpaired) electrons. The molecule has 0 spiro atoms. The van der Waals surface area contributed by atoms with E-state index >= 15 is 0 Å². The minimum Gasteiger partial charge on any atom is -0.507 e. The van der Waals surface area contributed by atoms with Gasteiger partial charge in [0.2, 0.25) is 0 Å². The van der Waals surface area contributed by atoms with Crippen molar-refractivity contribution in [3.8, 4) is 5.75 Å². The van der Waals surface area contributed by atoms with E-state index in [1.807, 2.05) is 0 Å². The number of nitro groups is 1. The Kier molecular flexibility index (Phi) is 4.00. The van der Waals surface area contributed by atoms with Gasteiger partial charge in [0, 0.05) is 28.9 Å². The summed E-state index contributed by atoms with van der Waals surface area (Å²) < 4.78 is 0. The third kappa shape index (κ3) is 3.13. The smallest absolute Gasteiger partial charge is 0.271 e. The van der Waals surface area contributed by atoms with Crippen molar-refractivity contribution in [1.82, 2.24) is 0 Å². The maximum absolute atomic E-state index is 10.7. The Labute approximate surface area is 120 Å². The minimum absolute atomic E-state index is 0.00401. The molecule has 0 fully saturated rings. The summed E-state index contributed by atoms with van der Waals surface area (Å²) in [6.45, 7) is 1.80. The standard InChI is InChI=1S/C14H11ClN2O3/c1-9-2-5-12(17(19)20)7-13(9)16-8-10-3-4-11(15)6-14(10)18/h2-8,18H,1H3. The Morgan fingerprint density at radius 2 is 2.05 bits per heavy atom. The van der Waals surface area contributed by atoms with Gasteiger partial charge >= 0.3 is 0 Å². The molecule has 0 aromatic heterocycles. The van der Waals surface area contributed by atoms with Crippen LogP contribution in [0.4, 0.5) is 11.4 Å². The maximum Gasteiger partial charge on any atom is 0.271 e. The van der Waals surface area contributed by atoms with Gasteiger partial charge in [0.15, 0.2) is 0 Å².